The Labute approximate surface area is 203 Å². The summed E-state index contributed by atoms with van der Waals surface area (Å²) in [5.74, 6) is 1.88. The molecule has 1 saturated heterocycles. The molecule has 8 heteroatoms. The van der Waals surface area contributed by atoms with Crippen molar-refractivity contribution in [3.8, 4) is 0 Å². The summed E-state index contributed by atoms with van der Waals surface area (Å²) in [6.07, 6.45) is 4.91. The van der Waals surface area contributed by atoms with Gasteiger partial charge in [-0.2, -0.15) is 0 Å². The molecule has 0 saturated carbocycles. The molecule has 170 valence electrons. The second-order valence-electron chi connectivity index (χ2n) is 8.02. The number of likely N-dealkylation sites (tertiary alicyclic amines) is 1. The first-order valence-corrected chi connectivity index (χ1v) is 11.0. The van der Waals surface area contributed by atoms with Crippen LogP contribution in [-0.2, 0) is 19.5 Å². The molecular formula is C23H36IN7. The van der Waals surface area contributed by atoms with E-state index in [0.29, 0.717) is 12.6 Å². The summed E-state index contributed by atoms with van der Waals surface area (Å²) >= 11 is 0. The number of halogens is 1. The van der Waals surface area contributed by atoms with E-state index in [1.807, 2.05) is 6.92 Å². The second-order valence-corrected chi connectivity index (χ2v) is 8.02. The summed E-state index contributed by atoms with van der Waals surface area (Å²) in [7, 11) is 0. The van der Waals surface area contributed by atoms with Crippen molar-refractivity contribution in [2.24, 2.45) is 4.99 Å². The van der Waals surface area contributed by atoms with Gasteiger partial charge in [-0.1, -0.05) is 49.4 Å². The first kappa shape index (κ1) is 25.3. The lowest BCUT2D eigenvalue weighted by Crippen LogP contribution is -2.49. The highest BCUT2D eigenvalue weighted by molar-refractivity contribution is 14.0. The molecular weight excluding hydrogens is 501 g/mol. The van der Waals surface area contributed by atoms with Gasteiger partial charge in [-0.25, -0.2) is 4.99 Å². The van der Waals surface area contributed by atoms with Crippen LogP contribution in [0.3, 0.4) is 0 Å². The average Bonchev–Trinajstić information content (AvgIpc) is 3.21. The van der Waals surface area contributed by atoms with E-state index < -0.39 is 0 Å². The van der Waals surface area contributed by atoms with Crippen molar-refractivity contribution in [2.45, 2.75) is 52.2 Å². The van der Waals surface area contributed by atoms with Gasteiger partial charge in [-0.05, 0) is 25.3 Å². The van der Waals surface area contributed by atoms with Crippen LogP contribution < -0.4 is 10.6 Å². The van der Waals surface area contributed by atoms with Crippen molar-refractivity contribution in [3.05, 3.63) is 60.2 Å². The summed E-state index contributed by atoms with van der Waals surface area (Å²) in [5, 5.41) is 15.3. The summed E-state index contributed by atoms with van der Waals surface area (Å²) < 4.78 is 2.09. The lowest BCUT2D eigenvalue weighted by atomic mass is 10.0. The molecule has 31 heavy (non-hydrogen) atoms. The van der Waals surface area contributed by atoms with Crippen LogP contribution in [0.2, 0.25) is 0 Å². The number of nitrogens with zero attached hydrogens (tertiary/aromatic N) is 5. The second kappa shape index (κ2) is 13.5. The first-order valence-electron chi connectivity index (χ1n) is 11.0. The number of hydrogen-bond donors (Lipinski definition) is 2. The van der Waals surface area contributed by atoms with Crippen LogP contribution in [0.1, 0.15) is 38.1 Å². The van der Waals surface area contributed by atoms with E-state index in [9.17, 15) is 0 Å². The minimum absolute atomic E-state index is 0. The third-order valence-corrected chi connectivity index (χ3v) is 5.34. The Kier molecular flexibility index (Phi) is 11.0. The number of aliphatic imine (C=N–C) groups is 1. The van der Waals surface area contributed by atoms with E-state index in [0.717, 1.165) is 69.3 Å². The highest BCUT2D eigenvalue weighted by atomic mass is 127. The number of aromatic nitrogens is 3. The molecule has 7 nitrogen and oxygen atoms in total. The van der Waals surface area contributed by atoms with Gasteiger partial charge in [0.05, 0.1) is 6.54 Å². The molecule has 0 atom stereocenters. The van der Waals surface area contributed by atoms with Crippen molar-refractivity contribution in [1.29, 1.82) is 0 Å². The van der Waals surface area contributed by atoms with Gasteiger partial charge in [0.15, 0.2) is 5.96 Å². The number of guanidine groups is 1. The molecule has 0 amide bonds. The molecule has 0 unspecified atom stereocenters. The monoisotopic (exact) mass is 537 g/mol. The molecule has 1 aromatic carbocycles. The van der Waals surface area contributed by atoms with Gasteiger partial charge < -0.3 is 15.2 Å². The number of rotatable bonds is 9. The molecule has 1 aromatic heterocycles. The molecule has 0 bridgehead atoms. The summed E-state index contributed by atoms with van der Waals surface area (Å²) in [4.78, 5) is 7.24. The minimum atomic E-state index is 0. The molecule has 2 N–H and O–H groups in total. The zero-order chi connectivity index (χ0) is 21.2. The highest BCUT2D eigenvalue weighted by Crippen LogP contribution is 2.13. The Morgan fingerprint density at radius 1 is 1.23 bits per heavy atom. The minimum Gasteiger partial charge on any atom is -0.355 e. The molecule has 1 fully saturated rings. The van der Waals surface area contributed by atoms with Gasteiger partial charge >= 0.3 is 0 Å². The van der Waals surface area contributed by atoms with Crippen LogP contribution >= 0.6 is 24.0 Å². The number of aryl methyl sites for hydroxylation is 1. The Balaban J connectivity index is 0.00000341. The average molecular weight is 537 g/mol. The van der Waals surface area contributed by atoms with E-state index >= 15 is 0 Å². The third kappa shape index (κ3) is 8.60. The topological polar surface area (TPSA) is 70.4 Å². The van der Waals surface area contributed by atoms with Crippen LogP contribution in [0.25, 0.3) is 0 Å². The standard InChI is InChI=1S/C23H35N7.HI/c1-4-22-28-26-18-30(22)15-12-24-23(25-16-19(2)3)27-21-10-13-29(14-11-21)17-20-8-6-5-7-9-20;/h5-9,18,21H,2,4,10-17H2,1,3H3,(H2,24,25,27);1H. The van der Waals surface area contributed by atoms with Gasteiger partial charge in [0, 0.05) is 45.2 Å². The zero-order valence-electron chi connectivity index (χ0n) is 18.8. The van der Waals surface area contributed by atoms with Crippen LogP contribution in [0.15, 0.2) is 53.8 Å². The number of hydrogen-bond acceptors (Lipinski definition) is 4. The fourth-order valence-electron chi connectivity index (χ4n) is 3.67. The van der Waals surface area contributed by atoms with Gasteiger partial charge in [0.25, 0.3) is 0 Å². The maximum atomic E-state index is 4.71. The van der Waals surface area contributed by atoms with Crippen LogP contribution in [0.4, 0.5) is 0 Å². The Morgan fingerprint density at radius 3 is 2.65 bits per heavy atom. The molecule has 2 heterocycles. The van der Waals surface area contributed by atoms with Crippen LogP contribution in [-0.4, -0.2) is 57.8 Å². The Bertz CT molecular complexity index is 810. The maximum absolute atomic E-state index is 4.71. The fraction of sp³-hybridized carbons (Fsp3) is 0.522. The fourth-order valence-corrected chi connectivity index (χ4v) is 3.67. The molecule has 2 aromatic rings. The maximum Gasteiger partial charge on any atom is 0.191 e. The number of benzene rings is 1. The Morgan fingerprint density at radius 2 is 1.97 bits per heavy atom. The number of nitrogens with one attached hydrogen (secondary N) is 2. The molecule has 0 spiro atoms. The smallest absolute Gasteiger partial charge is 0.191 e. The van der Waals surface area contributed by atoms with Crippen LogP contribution in [0, 0.1) is 0 Å². The SMILES string of the molecule is C=C(C)CN=C(NCCn1cnnc1CC)NC1CCN(Cc2ccccc2)CC1.I. The normalized spacial score (nSPS) is 15.4. The molecule has 0 radical (unpaired) electrons. The van der Waals surface area contributed by atoms with E-state index in [-0.39, 0.29) is 24.0 Å². The lowest BCUT2D eigenvalue weighted by molar-refractivity contribution is 0.198. The van der Waals surface area contributed by atoms with Crippen molar-refractivity contribution in [3.63, 3.8) is 0 Å². The largest absolute Gasteiger partial charge is 0.355 e. The first-order chi connectivity index (χ1) is 14.6. The van der Waals surface area contributed by atoms with Gasteiger partial charge in [0.2, 0.25) is 0 Å². The van der Waals surface area contributed by atoms with E-state index in [1.165, 1.54) is 5.56 Å². The summed E-state index contributed by atoms with van der Waals surface area (Å²) in [6.45, 7) is 13.5. The van der Waals surface area contributed by atoms with Gasteiger partial charge in [0.1, 0.15) is 12.2 Å². The van der Waals surface area contributed by atoms with Crippen molar-refractivity contribution in [1.82, 2.24) is 30.3 Å². The van der Waals surface area contributed by atoms with Crippen molar-refractivity contribution < 1.29 is 0 Å². The molecule has 1 aliphatic heterocycles. The molecule has 1 aliphatic rings. The van der Waals surface area contributed by atoms with E-state index in [4.69, 9.17) is 4.99 Å². The molecule has 3 rings (SSSR count). The van der Waals surface area contributed by atoms with E-state index in [2.05, 4.69) is 74.1 Å². The van der Waals surface area contributed by atoms with Crippen molar-refractivity contribution >= 4 is 29.9 Å². The predicted molar refractivity (Wildman–Crippen MR) is 138 cm³/mol. The van der Waals surface area contributed by atoms with Crippen LogP contribution in [0.5, 0.6) is 0 Å². The Hall–Kier alpha value is -1.94. The summed E-state index contributed by atoms with van der Waals surface area (Å²) in [6, 6.07) is 11.2. The molecule has 0 aliphatic carbocycles. The predicted octanol–water partition coefficient (Wildman–Crippen LogP) is 3.23. The third-order valence-electron chi connectivity index (χ3n) is 5.34. The zero-order valence-corrected chi connectivity index (χ0v) is 21.1. The highest BCUT2D eigenvalue weighted by Gasteiger charge is 2.20. The van der Waals surface area contributed by atoms with E-state index in [1.54, 1.807) is 6.33 Å². The van der Waals surface area contributed by atoms with Gasteiger partial charge in [-0.3, -0.25) is 4.90 Å². The number of piperidine rings is 1. The quantitative estimate of drug-likeness (QED) is 0.223. The van der Waals surface area contributed by atoms with Gasteiger partial charge in [-0.15, -0.1) is 34.2 Å². The lowest BCUT2D eigenvalue weighted by Gasteiger charge is -2.33. The summed E-state index contributed by atoms with van der Waals surface area (Å²) in [5.41, 5.74) is 2.44. The van der Waals surface area contributed by atoms with Crippen molar-refractivity contribution in [2.75, 3.05) is 26.2 Å².